The molecule has 2 N–H and O–H groups in total. The molecule has 10 nitrogen and oxygen atoms in total. The minimum absolute atomic E-state index is 0.0432. The summed E-state index contributed by atoms with van der Waals surface area (Å²) in [6, 6.07) is 1.43. The second kappa shape index (κ2) is 11.0. The normalized spacial score (nSPS) is 24.5. The molecule has 0 aliphatic carbocycles. The summed E-state index contributed by atoms with van der Waals surface area (Å²) in [5.41, 5.74) is 0.473. The van der Waals surface area contributed by atoms with Gasteiger partial charge in [-0.25, -0.2) is 4.98 Å². The van der Waals surface area contributed by atoms with Crippen molar-refractivity contribution in [3.8, 4) is 0 Å². The van der Waals surface area contributed by atoms with E-state index >= 15 is 0 Å². The number of carbonyl (C=O) groups is 1. The molecule has 2 atom stereocenters. The Kier molecular flexibility index (Phi) is 7.75. The zero-order valence-electron chi connectivity index (χ0n) is 21.8. The van der Waals surface area contributed by atoms with Crippen molar-refractivity contribution in [3.05, 3.63) is 23.7 Å². The van der Waals surface area contributed by atoms with Crippen LogP contribution < -0.4 is 10.6 Å². The van der Waals surface area contributed by atoms with Gasteiger partial charge in [-0.1, -0.05) is 0 Å². The van der Waals surface area contributed by atoms with Gasteiger partial charge in [0.15, 0.2) is 0 Å². The van der Waals surface area contributed by atoms with Gasteiger partial charge in [0.2, 0.25) is 11.9 Å². The number of piperidine rings is 1. The summed E-state index contributed by atoms with van der Waals surface area (Å²) in [6.07, 6.45) is 3.80. The molecule has 38 heavy (non-hydrogen) atoms. The van der Waals surface area contributed by atoms with Crippen LogP contribution in [-0.4, -0.2) is 87.4 Å². The SMILES string of the molecule is Cc1nn(C2CC3CCC(C2)N3C)cc1Nc1ncc(C(F)(F)F)c(NCCCN2CCCOCC2=O)n1. The van der Waals surface area contributed by atoms with E-state index in [1.165, 1.54) is 12.8 Å². The number of aromatic nitrogens is 4. The molecule has 3 saturated heterocycles. The average Bonchev–Trinajstić information content (AvgIpc) is 3.20. The number of anilines is 3. The first kappa shape index (κ1) is 26.7. The molecular weight excluding hydrogens is 501 g/mol. The number of nitrogens with zero attached hydrogens (tertiary/aromatic N) is 6. The third-order valence-corrected chi connectivity index (χ3v) is 7.90. The van der Waals surface area contributed by atoms with Crippen molar-refractivity contribution in [1.82, 2.24) is 29.5 Å². The number of rotatable bonds is 8. The Labute approximate surface area is 219 Å². The number of nitrogens with one attached hydrogen (secondary N) is 2. The lowest BCUT2D eigenvalue weighted by atomic mass is 9.98. The predicted molar refractivity (Wildman–Crippen MR) is 135 cm³/mol. The number of hydrogen-bond donors (Lipinski definition) is 2. The minimum atomic E-state index is -4.60. The van der Waals surface area contributed by atoms with Crippen LogP contribution in [0.2, 0.25) is 0 Å². The summed E-state index contributed by atoms with van der Waals surface area (Å²) < 4.78 is 48.2. The Balaban J connectivity index is 1.25. The summed E-state index contributed by atoms with van der Waals surface area (Å²) >= 11 is 0. The molecule has 2 aromatic rings. The molecule has 3 fully saturated rings. The maximum atomic E-state index is 13.6. The summed E-state index contributed by atoms with van der Waals surface area (Å²) in [5.74, 6) is -0.334. The summed E-state index contributed by atoms with van der Waals surface area (Å²) in [4.78, 5) is 24.3. The Bertz CT molecular complexity index is 1130. The third-order valence-electron chi connectivity index (χ3n) is 7.90. The largest absolute Gasteiger partial charge is 0.421 e. The van der Waals surface area contributed by atoms with Crippen LogP contribution in [0.4, 0.5) is 30.6 Å². The molecule has 208 valence electrons. The Hall–Kier alpha value is -2.93. The van der Waals surface area contributed by atoms with E-state index < -0.39 is 11.7 Å². The molecule has 0 spiro atoms. The second-order valence-corrected chi connectivity index (χ2v) is 10.4. The Morgan fingerprint density at radius 2 is 1.95 bits per heavy atom. The number of hydrogen-bond acceptors (Lipinski definition) is 8. The highest BCUT2D eigenvalue weighted by atomic mass is 19.4. The fraction of sp³-hybridized carbons (Fsp3) is 0.680. The fourth-order valence-electron chi connectivity index (χ4n) is 5.74. The van der Waals surface area contributed by atoms with Gasteiger partial charge in [-0.05, 0) is 52.5 Å². The molecule has 0 aromatic carbocycles. The van der Waals surface area contributed by atoms with Gasteiger partial charge in [-0.15, -0.1) is 0 Å². The first-order valence-corrected chi connectivity index (χ1v) is 13.3. The molecule has 1 amide bonds. The van der Waals surface area contributed by atoms with Crippen LogP contribution in [0.15, 0.2) is 12.4 Å². The highest BCUT2D eigenvalue weighted by Gasteiger charge is 2.39. The van der Waals surface area contributed by atoms with Crippen molar-refractivity contribution >= 4 is 23.4 Å². The van der Waals surface area contributed by atoms with E-state index in [9.17, 15) is 18.0 Å². The van der Waals surface area contributed by atoms with E-state index in [1.54, 1.807) is 4.90 Å². The predicted octanol–water partition coefficient (Wildman–Crippen LogP) is 3.59. The van der Waals surface area contributed by atoms with E-state index in [0.29, 0.717) is 49.9 Å². The lowest BCUT2D eigenvalue weighted by Gasteiger charge is -2.36. The van der Waals surface area contributed by atoms with E-state index in [4.69, 9.17) is 9.84 Å². The number of ether oxygens (including phenoxy) is 1. The van der Waals surface area contributed by atoms with Crippen molar-refractivity contribution < 1.29 is 22.7 Å². The average molecular weight is 537 g/mol. The highest BCUT2D eigenvalue weighted by molar-refractivity contribution is 5.77. The van der Waals surface area contributed by atoms with Crippen molar-refractivity contribution in [2.24, 2.45) is 0 Å². The molecule has 2 aromatic heterocycles. The quantitative estimate of drug-likeness (QED) is 0.494. The van der Waals surface area contributed by atoms with Gasteiger partial charge in [-0.3, -0.25) is 9.48 Å². The smallest absolute Gasteiger partial charge is 0.372 e. The van der Waals surface area contributed by atoms with Gasteiger partial charge < -0.3 is 25.2 Å². The maximum absolute atomic E-state index is 13.6. The minimum Gasteiger partial charge on any atom is -0.372 e. The monoisotopic (exact) mass is 536 g/mol. The van der Waals surface area contributed by atoms with E-state index in [-0.39, 0.29) is 30.8 Å². The van der Waals surface area contributed by atoms with Crippen LogP contribution in [0.25, 0.3) is 0 Å². The van der Waals surface area contributed by atoms with Crippen molar-refractivity contribution in [3.63, 3.8) is 0 Å². The molecule has 3 aliphatic rings. The van der Waals surface area contributed by atoms with Crippen LogP contribution in [0.5, 0.6) is 0 Å². The number of halogens is 3. The molecule has 0 saturated carbocycles. The summed E-state index contributed by atoms with van der Waals surface area (Å²) in [5, 5.41) is 10.6. The van der Waals surface area contributed by atoms with E-state index in [2.05, 4.69) is 32.5 Å². The van der Waals surface area contributed by atoms with Crippen molar-refractivity contribution in [1.29, 1.82) is 0 Å². The van der Waals surface area contributed by atoms with E-state index in [0.717, 1.165) is 31.2 Å². The Morgan fingerprint density at radius 1 is 1.18 bits per heavy atom. The fourth-order valence-corrected chi connectivity index (χ4v) is 5.74. The van der Waals surface area contributed by atoms with Gasteiger partial charge in [-0.2, -0.15) is 23.3 Å². The van der Waals surface area contributed by atoms with Gasteiger partial charge in [0.05, 0.1) is 17.4 Å². The molecule has 0 radical (unpaired) electrons. The van der Waals surface area contributed by atoms with Gasteiger partial charge in [0, 0.05) is 50.7 Å². The first-order chi connectivity index (χ1) is 18.2. The number of amides is 1. The molecule has 2 unspecified atom stereocenters. The first-order valence-electron chi connectivity index (χ1n) is 13.3. The van der Waals surface area contributed by atoms with Crippen LogP contribution >= 0.6 is 0 Å². The molecule has 5 heterocycles. The number of aryl methyl sites for hydroxylation is 1. The van der Waals surface area contributed by atoms with Crippen LogP contribution in [0, 0.1) is 6.92 Å². The zero-order valence-corrected chi connectivity index (χ0v) is 21.8. The lowest BCUT2D eigenvalue weighted by molar-refractivity contribution is -0.137. The number of fused-ring (bicyclic) bond motifs is 2. The van der Waals surface area contributed by atoms with Gasteiger partial charge >= 0.3 is 6.18 Å². The van der Waals surface area contributed by atoms with Crippen LogP contribution in [-0.2, 0) is 15.7 Å². The second-order valence-electron chi connectivity index (χ2n) is 10.4. The van der Waals surface area contributed by atoms with Crippen molar-refractivity contribution in [2.45, 2.75) is 69.8 Å². The molecule has 2 bridgehead atoms. The van der Waals surface area contributed by atoms with Crippen LogP contribution in [0.3, 0.4) is 0 Å². The highest BCUT2D eigenvalue weighted by Crippen LogP contribution is 2.40. The molecule has 5 rings (SSSR count). The molecular formula is C25H35F3N8O2. The van der Waals surface area contributed by atoms with Gasteiger partial charge in [0.1, 0.15) is 18.0 Å². The van der Waals surface area contributed by atoms with Gasteiger partial charge in [0.25, 0.3) is 0 Å². The Morgan fingerprint density at radius 3 is 2.68 bits per heavy atom. The third kappa shape index (κ3) is 5.88. The van der Waals surface area contributed by atoms with E-state index in [1.807, 2.05) is 17.8 Å². The summed E-state index contributed by atoms with van der Waals surface area (Å²) in [6.45, 7) is 3.68. The lowest BCUT2D eigenvalue weighted by Crippen LogP contribution is -2.40. The standard InChI is InChI=1S/C25H35F3N8O2/c1-16-21(14-36(33-16)19-11-17-5-6-18(12-19)34(17)2)31-24-30-13-20(25(26,27)28)23(32-24)29-7-3-8-35-9-4-10-38-15-22(35)37/h13-14,17-19H,3-12,15H2,1-2H3,(H2,29,30,31,32). The van der Waals surface area contributed by atoms with Crippen molar-refractivity contribution in [2.75, 3.05) is 50.5 Å². The molecule has 13 heteroatoms. The zero-order chi connectivity index (χ0) is 26.9. The summed E-state index contributed by atoms with van der Waals surface area (Å²) in [7, 11) is 2.19. The topological polar surface area (TPSA) is 100 Å². The number of alkyl halides is 3. The maximum Gasteiger partial charge on any atom is 0.421 e. The molecule has 3 aliphatic heterocycles. The van der Waals surface area contributed by atoms with Crippen LogP contribution in [0.1, 0.15) is 55.8 Å². The number of carbonyl (C=O) groups excluding carboxylic acids is 1.